The third kappa shape index (κ3) is 10.4. The molecule has 1 aliphatic rings. The van der Waals surface area contributed by atoms with Crippen LogP contribution in [0.4, 0.5) is 10.1 Å². The molecule has 0 saturated heterocycles. The van der Waals surface area contributed by atoms with Gasteiger partial charge in [-0.05, 0) is 54.3 Å². The van der Waals surface area contributed by atoms with Gasteiger partial charge in [0.2, 0.25) is 5.91 Å². The van der Waals surface area contributed by atoms with Gasteiger partial charge in [-0.25, -0.2) is 4.39 Å². The van der Waals surface area contributed by atoms with Crippen molar-refractivity contribution in [2.45, 2.75) is 52.4 Å². The van der Waals surface area contributed by atoms with Gasteiger partial charge in [0.25, 0.3) is 5.91 Å². The minimum Gasteiger partial charge on any atom is -0.492 e. The van der Waals surface area contributed by atoms with Crippen molar-refractivity contribution in [3.05, 3.63) is 130 Å². The summed E-state index contributed by atoms with van der Waals surface area (Å²) in [5.74, 6) is -0.253. The van der Waals surface area contributed by atoms with E-state index < -0.39 is 23.9 Å². The lowest BCUT2D eigenvalue weighted by Crippen LogP contribution is -2.45. The van der Waals surface area contributed by atoms with Crippen LogP contribution in [0.15, 0.2) is 97.1 Å². The van der Waals surface area contributed by atoms with Crippen molar-refractivity contribution in [2.75, 3.05) is 38.3 Å². The highest BCUT2D eigenvalue weighted by Gasteiger charge is 2.40. The molecule has 274 valence electrons. The van der Waals surface area contributed by atoms with Gasteiger partial charge in [-0.2, -0.15) is 0 Å². The van der Waals surface area contributed by atoms with Crippen LogP contribution in [0.3, 0.4) is 0 Å². The van der Waals surface area contributed by atoms with Crippen LogP contribution >= 0.6 is 11.6 Å². The molecule has 52 heavy (non-hydrogen) atoms. The SMILES string of the molecule is COc1c(OCCCNC/C=C/c2ccccc2)cccc1[C@@H]1O[C@@H](CC(=O)NCc2ccccc2F)C(=O)N(CC(C)(C)C)c2ccc(Cl)cc21. The smallest absolute Gasteiger partial charge is 0.256 e. The predicted octanol–water partition coefficient (Wildman–Crippen LogP) is 8.13. The summed E-state index contributed by atoms with van der Waals surface area (Å²) >= 11 is 6.58. The molecular formula is C42H47ClFN3O5. The summed E-state index contributed by atoms with van der Waals surface area (Å²) in [4.78, 5) is 29.3. The quantitative estimate of drug-likeness (QED) is 0.120. The van der Waals surface area contributed by atoms with Gasteiger partial charge in [0, 0.05) is 47.0 Å². The van der Waals surface area contributed by atoms with Crippen LogP contribution in [0, 0.1) is 11.2 Å². The summed E-state index contributed by atoms with van der Waals surface area (Å²) in [7, 11) is 1.56. The fraction of sp³-hybridized carbons (Fsp3) is 0.333. The van der Waals surface area contributed by atoms with Crippen LogP contribution in [0.5, 0.6) is 11.5 Å². The Morgan fingerprint density at radius 1 is 1.00 bits per heavy atom. The Kier molecular flexibility index (Phi) is 13.5. The monoisotopic (exact) mass is 727 g/mol. The molecule has 1 heterocycles. The molecule has 8 nitrogen and oxygen atoms in total. The standard InChI is InChI=1S/C42H47ClFN3O5/c1-42(2,3)28-47-35-21-20-31(43)25-33(35)39(52-37(41(47)49)26-38(48)46-27-30-16-8-9-18-34(30)44)32-17-10-19-36(40(32)50-4)51-24-12-23-45-22-11-15-29-13-6-5-7-14-29/h5-11,13-21,25,37,39,45H,12,22-24,26-28H2,1-4H3,(H,46,48)/b15-11+/t37-,39-/m0/s1. The number of nitrogens with one attached hydrogen (secondary N) is 2. The number of halogens is 2. The van der Waals surface area contributed by atoms with Gasteiger partial charge in [0.05, 0.1) is 20.1 Å². The zero-order chi connectivity index (χ0) is 37.1. The van der Waals surface area contributed by atoms with Crippen LogP contribution in [0.1, 0.15) is 62.0 Å². The van der Waals surface area contributed by atoms with Crippen LogP contribution in [0.2, 0.25) is 5.02 Å². The molecule has 0 aliphatic carbocycles. The predicted molar refractivity (Wildman–Crippen MR) is 204 cm³/mol. The van der Waals surface area contributed by atoms with Gasteiger partial charge in [-0.15, -0.1) is 0 Å². The van der Waals surface area contributed by atoms with Crippen molar-refractivity contribution in [1.82, 2.24) is 10.6 Å². The van der Waals surface area contributed by atoms with Crippen LogP contribution in [0.25, 0.3) is 6.08 Å². The Labute approximate surface area is 310 Å². The molecule has 4 aromatic rings. The second-order valence-corrected chi connectivity index (χ2v) is 14.3. The average molecular weight is 728 g/mol. The van der Waals surface area contributed by atoms with Crippen molar-refractivity contribution < 1.29 is 28.2 Å². The number of anilines is 1. The number of ether oxygens (including phenoxy) is 3. The number of nitrogens with zero attached hydrogens (tertiary/aromatic N) is 1. The average Bonchev–Trinajstić information content (AvgIpc) is 3.22. The van der Waals surface area contributed by atoms with Crippen molar-refractivity contribution in [1.29, 1.82) is 0 Å². The third-order valence-corrected chi connectivity index (χ3v) is 8.70. The molecule has 0 radical (unpaired) electrons. The van der Waals surface area contributed by atoms with Gasteiger partial charge in [-0.1, -0.05) is 105 Å². The zero-order valence-electron chi connectivity index (χ0n) is 30.2. The molecule has 0 spiro atoms. The molecule has 2 amide bonds. The number of methoxy groups -OCH3 is 1. The Morgan fingerprint density at radius 2 is 1.77 bits per heavy atom. The first-order valence-electron chi connectivity index (χ1n) is 17.5. The van der Waals surface area contributed by atoms with Crippen molar-refractivity contribution in [3.8, 4) is 11.5 Å². The summed E-state index contributed by atoms with van der Waals surface area (Å²) in [6, 6.07) is 27.3. The number of benzene rings is 4. The highest BCUT2D eigenvalue weighted by molar-refractivity contribution is 6.30. The maximum atomic E-state index is 14.3. The third-order valence-electron chi connectivity index (χ3n) is 8.47. The van der Waals surface area contributed by atoms with Gasteiger partial charge < -0.3 is 29.7 Å². The van der Waals surface area contributed by atoms with E-state index in [1.807, 2.05) is 63.2 Å². The molecule has 0 fully saturated rings. The molecule has 1 aliphatic heterocycles. The van der Waals surface area contributed by atoms with Crippen molar-refractivity contribution in [3.63, 3.8) is 0 Å². The van der Waals surface area contributed by atoms with Crippen LogP contribution in [-0.4, -0.2) is 51.3 Å². The molecule has 0 saturated carbocycles. The lowest BCUT2D eigenvalue weighted by atomic mass is 9.94. The van der Waals surface area contributed by atoms with E-state index in [-0.39, 0.29) is 24.3 Å². The fourth-order valence-corrected chi connectivity index (χ4v) is 6.24. The van der Waals surface area contributed by atoms with E-state index in [9.17, 15) is 14.0 Å². The first-order chi connectivity index (χ1) is 25.0. The highest BCUT2D eigenvalue weighted by atomic mass is 35.5. The van der Waals surface area contributed by atoms with E-state index in [1.54, 1.807) is 42.3 Å². The Morgan fingerprint density at radius 3 is 2.52 bits per heavy atom. The number of amides is 2. The van der Waals surface area contributed by atoms with E-state index in [2.05, 4.69) is 34.9 Å². The van der Waals surface area contributed by atoms with E-state index >= 15 is 0 Å². The summed E-state index contributed by atoms with van der Waals surface area (Å²) < 4.78 is 33.1. The molecule has 0 unspecified atom stereocenters. The number of rotatable bonds is 15. The van der Waals surface area contributed by atoms with E-state index in [0.29, 0.717) is 52.1 Å². The fourth-order valence-electron chi connectivity index (χ4n) is 6.05. The second kappa shape index (κ2) is 18.2. The number of para-hydroxylation sites is 1. The van der Waals surface area contributed by atoms with E-state index in [1.165, 1.54) is 6.07 Å². The van der Waals surface area contributed by atoms with Gasteiger partial charge >= 0.3 is 0 Å². The normalized spacial score (nSPS) is 16.0. The van der Waals surface area contributed by atoms with Crippen molar-refractivity contribution in [2.24, 2.45) is 5.41 Å². The topological polar surface area (TPSA) is 89.1 Å². The van der Waals surface area contributed by atoms with E-state index in [0.717, 1.165) is 25.1 Å². The van der Waals surface area contributed by atoms with Crippen molar-refractivity contribution >= 4 is 35.2 Å². The van der Waals surface area contributed by atoms with Crippen LogP contribution < -0.4 is 25.0 Å². The second-order valence-electron chi connectivity index (χ2n) is 13.9. The van der Waals surface area contributed by atoms with E-state index in [4.69, 9.17) is 25.8 Å². The Bertz CT molecular complexity index is 1850. The summed E-state index contributed by atoms with van der Waals surface area (Å²) in [5.41, 5.74) is 3.11. The summed E-state index contributed by atoms with van der Waals surface area (Å²) in [6.07, 6.45) is 2.63. The maximum Gasteiger partial charge on any atom is 0.256 e. The molecule has 0 bridgehead atoms. The zero-order valence-corrected chi connectivity index (χ0v) is 30.9. The molecular weight excluding hydrogens is 681 g/mol. The molecule has 0 aromatic heterocycles. The molecule has 5 rings (SSSR count). The summed E-state index contributed by atoms with van der Waals surface area (Å²) in [5, 5.41) is 6.63. The molecule has 2 N–H and O–H groups in total. The van der Waals surface area contributed by atoms with Gasteiger partial charge in [0.15, 0.2) is 11.5 Å². The minimum atomic E-state index is -1.17. The number of fused-ring (bicyclic) bond motifs is 1. The van der Waals surface area contributed by atoms with Gasteiger partial charge in [-0.3, -0.25) is 9.59 Å². The molecule has 4 aromatic carbocycles. The Balaban J connectivity index is 1.36. The maximum absolute atomic E-state index is 14.3. The number of hydrogen-bond acceptors (Lipinski definition) is 6. The largest absolute Gasteiger partial charge is 0.492 e. The number of hydrogen-bond donors (Lipinski definition) is 2. The highest BCUT2D eigenvalue weighted by Crippen LogP contribution is 2.45. The number of carbonyl (C=O) groups excluding carboxylic acids is 2. The lowest BCUT2D eigenvalue weighted by molar-refractivity contribution is -0.138. The molecule has 2 atom stereocenters. The lowest BCUT2D eigenvalue weighted by Gasteiger charge is -2.31. The van der Waals surface area contributed by atoms with Gasteiger partial charge in [0.1, 0.15) is 18.0 Å². The Hall–Kier alpha value is -4.70. The number of carbonyl (C=O) groups is 2. The first kappa shape index (κ1) is 38.5. The first-order valence-corrected chi connectivity index (χ1v) is 17.9. The molecule has 10 heteroatoms. The summed E-state index contributed by atoms with van der Waals surface area (Å²) in [6.45, 7) is 8.38. The minimum absolute atomic E-state index is 0.0233. The van der Waals surface area contributed by atoms with Crippen LogP contribution in [-0.2, 0) is 20.9 Å².